The van der Waals surface area contributed by atoms with Gasteiger partial charge in [0.15, 0.2) is 0 Å². The Kier molecular flexibility index (Phi) is 4.27. The van der Waals surface area contributed by atoms with Crippen molar-refractivity contribution in [3.05, 3.63) is 0 Å². The first kappa shape index (κ1) is 10.2. The van der Waals surface area contributed by atoms with Crippen LogP contribution < -0.4 is 0 Å². The van der Waals surface area contributed by atoms with Gasteiger partial charge in [0.2, 0.25) is 0 Å². The number of halogens is 1. The second kappa shape index (κ2) is 5.00. The van der Waals surface area contributed by atoms with Gasteiger partial charge in [0.1, 0.15) is 5.78 Å². The third-order valence-corrected chi connectivity index (χ3v) is 3.92. The Morgan fingerprint density at radius 1 is 1.50 bits per heavy atom. The average molecular weight is 233 g/mol. The molecule has 0 spiro atoms. The zero-order valence-corrected chi connectivity index (χ0v) is 9.27. The van der Waals surface area contributed by atoms with E-state index >= 15 is 0 Å². The first-order chi connectivity index (χ1) is 5.75. The molecule has 0 bridgehead atoms. The monoisotopic (exact) mass is 232 g/mol. The Morgan fingerprint density at radius 2 is 2.25 bits per heavy atom. The summed E-state index contributed by atoms with van der Waals surface area (Å²) in [6.07, 6.45) is 7.01. The Balaban J connectivity index is 2.20. The van der Waals surface area contributed by atoms with Gasteiger partial charge in [-0.2, -0.15) is 0 Å². The maximum absolute atomic E-state index is 11.2. The first-order valence-electron chi connectivity index (χ1n) is 4.92. The minimum atomic E-state index is 0.175. The molecule has 0 radical (unpaired) electrons. The molecule has 0 aromatic heterocycles. The van der Waals surface area contributed by atoms with Crippen LogP contribution in [0.1, 0.15) is 45.4 Å². The maximum Gasteiger partial charge on any atom is 0.146 e. The summed E-state index contributed by atoms with van der Waals surface area (Å²) >= 11 is 3.47. The third-order valence-electron chi connectivity index (χ3n) is 2.66. The quantitative estimate of drug-likeness (QED) is 0.537. The van der Waals surface area contributed by atoms with Crippen molar-refractivity contribution in [2.24, 2.45) is 5.92 Å². The SMILES string of the molecule is CCCCCC1CCC(=O)C1Br. The standard InChI is InChI=1S/C10H17BrO/c1-2-3-4-5-8-6-7-9(12)10(8)11/h8,10H,2-7H2,1H3. The topological polar surface area (TPSA) is 17.1 Å². The van der Waals surface area contributed by atoms with Gasteiger partial charge in [0.05, 0.1) is 4.83 Å². The van der Waals surface area contributed by atoms with Crippen molar-refractivity contribution in [1.29, 1.82) is 0 Å². The summed E-state index contributed by atoms with van der Waals surface area (Å²) in [6, 6.07) is 0. The highest BCUT2D eigenvalue weighted by atomic mass is 79.9. The van der Waals surface area contributed by atoms with Crippen LogP contribution in [0.3, 0.4) is 0 Å². The Hall–Kier alpha value is 0.150. The summed E-state index contributed by atoms with van der Waals surface area (Å²) in [6.45, 7) is 2.21. The van der Waals surface area contributed by atoms with Crippen LogP contribution >= 0.6 is 15.9 Å². The van der Waals surface area contributed by atoms with Crippen molar-refractivity contribution in [3.63, 3.8) is 0 Å². The lowest BCUT2D eigenvalue weighted by Gasteiger charge is -2.11. The van der Waals surface area contributed by atoms with Gasteiger partial charge >= 0.3 is 0 Å². The molecule has 2 heteroatoms. The summed E-state index contributed by atoms with van der Waals surface area (Å²) in [5, 5.41) is 0. The molecule has 2 atom stereocenters. The van der Waals surface area contributed by atoms with Crippen molar-refractivity contribution in [3.8, 4) is 0 Å². The molecule has 0 heterocycles. The van der Waals surface area contributed by atoms with Crippen molar-refractivity contribution < 1.29 is 4.79 Å². The number of alkyl halides is 1. The van der Waals surface area contributed by atoms with Crippen LogP contribution in [0.25, 0.3) is 0 Å². The lowest BCUT2D eigenvalue weighted by atomic mass is 10.00. The Bertz CT molecular complexity index is 156. The van der Waals surface area contributed by atoms with Gasteiger partial charge in [-0.05, 0) is 18.8 Å². The molecule has 0 saturated heterocycles. The maximum atomic E-state index is 11.2. The predicted molar refractivity (Wildman–Crippen MR) is 54.6 cm³/mol. The smallest absolute Gasteiger partial charge is 0.146 e. The number of rotatable bonds is 4. The van der Waals surface area contributed by atoms with E-state index in [9.17, 15) is 4.79 Å². The molecular weight excluding hydrogens is 216 g/mol. The van der Waals surface area contributed by atoms with Gasteiger partial charge < -0.3 is 0 Å². The fourth-order valence-electron chi connectivity index (χ4n) is 1.82. The van der Waals surface area contributed by atoms with E-state index in [1.807, 2.05) is 0 Å². The van der Waals surface area contributed by atoms with Crippen molar-refractivity contribution in [2.75, 3.05) is 0 Å². The average Bonchev–Trinajstić information content (AvgIpc) is 2.36. The van der Waals surface area contributed by atoms with E-state index in [0.29, 0.717) is 11.7 Å². The number of carbonyl (C=O) groups excluding carboxylic acids is 1. The lowest BCUT2D eigenvalue weighted by molar-refractivity contribution is -0.117. The molecule has 0 aliphatic heterocycles. The van der Waals surface area contributed by atoms with Gasteiger partial charge in [0.25, 0.3) is 0 Å². The molecule has 0 N–H and O–H groups in total. The minimum absolute atomic E-state index is 0.175. The van der Waals surface area contributed by atoms with Crippen molar-refractivity contribution in [2.45, 2.75) is 50.3 Å². The van der Waals surface area contributed by atoms with E-state index in [0.717, 1.165) is 12.8 Å². The summed E-state index contributed by atoms with van der Waals surface area (Å²) < 4.78 is 0. The summed E-state index contributed by atoms with van der Waals surface area (Å²) in [5.74, 6) is 1.04. The molecule has 1 rings (SSSR count). The minimum Gasteiger partial charge on any atom is -0.298 e. The molecule has 1 saturated carbocycles. The van der Waals surface area contributed by atoms with Crippen LogP contribution in [-0.4, -0.2) is 10.6 Å². The normalized spacial score (nSPS) is 29.7. The summed E-state index contributed by atoms with van der Waals surface area (Å²) in [5.41, 5.74) is 0. The molecule has 1 nitrogen and oxygen atoms in total. The van der Waals surface area contributed by atoms with Crippen LogP contribution in [0.5, 0.6) is 0 Å². The zero-order chi connectivity index (χ0) is 8.97. The fraction of sp³-hybridized carbons (Fsp3) is 0.900. The van der Waals surface area contributed by atoms with Crippen LogP contribution in [0.2, 0.25) is 0 Å². The number of Topliss-reactive ketones (excluding diaryl/α,β-unsaturated/α-hetero) is 1. The molecule has 1 fully saturated rings. The molecule has 12 heavy (non-hydrogen) atoms. The number of carbonyl (C=O) groups is 1. The highest BCUT2D eigenvalue weighted by Gasteiger charge is 2.31. The highest BCUT2D eigenvalue weighted by molar-refractivity contribution is 9.10. The fourth-order valence-corrected chi connectivity index (χ4v) is 2.58. The van der Waals surface area contributed by atoms with E-state index in [4.69, 9.17) is 0 Å². The van der Waals surface area contributed by atoms with E-state index in [1.54, 1.807) is 0 Å². The summed E-state index contributed by atoms with van der Waals surface area (Å²) in [7, 11) is 0. The molecule has 70 valence electrons. The number of unbranched alkanes of at least 4 members (excludes halogenated alkanes) is 2. The summed E-state index contributed by atoms with van der Waals surface area (Å²) in [4.78, 5) is 11.3. The molecule has 1 aliphatic carbocycles. The van der Waals surface area contributed by atoms with E-state index < -0.39 is 0 Å². The van der Waals surface area contributed by atoms with Gasteiger partial charge in [-0.15, -0.1) is 0 Å². The van der Waals surface area contributed by atoms with E-state index in [-0.39, 0.29) is 4.83 Å². The highest BCUT2D eigenvalue weighted by Crippen LogP contribution is 2.32. The van der Waals surface area contributed by atoms with E-state index in [1.165, 1.54) is 25.7 Å². The largest absolute Gasteiger partial charge is 0.298 e. The second-order valence-electron chi connectivity index (χ2n) is 3.66. The van der Waals surface area contributed by atoms with Crippen LogP contribution in [0.4, 0.5) is 0 Å². The van der Waals surface area contributed by atoms with Crippen molar-refractivity contribution in [1.82, 2.24) is 0 Å². The lowest BCUT2D eigenvalue weighted by Crippen LogP contribution is -2.13. The van der Waals surface area contributed by atoms with Crippen molar-refractivity contribution >= 4 is 21.7 Å². The van der Waals surface area contributed by atoms with Gasteiger partial charge in [-0.25, -0.2) is 0 Å². The van der Waals surface area contributed by atoms with E-state index in [2.05, 4.69) is 22.9 Å². The van der Waals surface area contributed by atoms with Crippen LogP contribution in [0.15, 0.2) is 0 Å². The van der Waals surface area contributed by atoms with Gasteiger partial charge in [0, 0.05) is 6.42 Å². The molecular formula is C10H17BrO. The Morgan fingerprint density at radius 3 is 2.75 bits per heavy atom. The first-order valence-corrected chi connectivity index (χ1v) is 5.84. The third kappa shape index (κ3) is 2.58. The number of hydrogen-bond donors (Lipinski definition) is 0. The van der Waals surface area contributed by atoms with Gasteiger partial charge in [-0.3, -0.25) is 4.79 Å². The molecule has 2 unspecified atom stereocenters. The molecule has 0 aromatic rings. The van der Waals surface area contributed by atoms with Gasteiger partial charge in [-0.1, -0.05) is 42.1 Å². The zero-order valence-electron chi connectivity index (χ0n) is 7.68. The number of ketones is 1. The molecule has 0 aromatic carbocycles. The Labute approximate surface area is 83.0 Å². The predicted octanol–water partition coefficient (Wildman–Crippen LogP) is 3.31. The molecule has 1 aliphatic rings. The molecule has 0 amide bonds. The number of hydrogen-bond acceptors (Lipinski definition) is 1. The van der Waals surface area contributed by atoms with Crippen LogP contribution in [-0.2, 0) is 4.79 Å². The second-order valence-corrected chi connectivity index (χ2v) is 4.65. The van der Waals surface area contributed by atoms with Crippen LogP contribution in [0, 0.1) is 5.92 Å².